The average molecular weight is 290 g/mol. The normalized spacial score (nSPS) is 10.9. The van der Waals surface area contributed by atoms with Crippen LogP contribution in [-0.4, -0.2) is 19.7 Å². The van der Waals surface area contributed by atoms with Gasteiger partial charge in [0.1, 0.15) is 0 Å². The largest absolute Gasteiger partial charge is 0.381 e. The summed E-state index contributed by atoms with van der Waals surface area (Å²) in [4.78, 5) is 8.66. The van der Waals surface area contributed by atoms with Gasteiger partial charge in [-0.3, -0.25) is 0 Å². The van der Waals surface area contributed by atoms with Crippen LogP contribution < -0.4 is 5.73 Å². The molecule has 2 aromatic heterocycles. The number of anilines is 1. The molecule has 3 aromatic rings. The molecule has 1 aromatic carbocycles. The SMILES string of the molecule is Nc1nn(-c2ncc3ccccc3n2)cc1Br. The second-order valence-electron chi connectivity index (χ2n) is 3.54. The molecule has 0 atom stereocenters. The van der Waals surface area contributed by atoms with Crippen LogP contribution >= 0.6 is 15.9 Å². The first-order valence-corrected chi connectivity index (χ1v) is 5.76. The summed E-state index contributed by atoms with van der Waals surface area (Å²) in [5, 5.41) is 5.11. The summed E-state index contributed by atoms with van der Waals surface area (Å²) in [6.45, 7) is 0. The molecular formula is C11H8BrN5. The highest BCUT2D eigenvalue weighted by Gasteiger charge is 2.07. The van der Waals surface area contributed by atoms with Crippen molar-refractivity contribution in [3.05, 3.63) is 41.1 Å². The summed E-state index contributed by atoms with van der Waals surface area (Å²) >= 11 is 3.30. The fraction of sp³-hybridized carbons (Fsp3) is 0. The molecule has 0 spiro atoms. The second-order valence-corrected chi connectivity index (χ2v) is 4.39. The minimum Gasteiger partial charge on any atom is -0.381 e. The Morgan fingerprint density at radius 2 is 2.06 bits per heavy atom. The Kier molecular flexibility index (Phi) is 2.29. The molecule has 0 aliphatic rings. The van der Waals surface area contributed by atoms with Crippen molar-refractivity contribution in [1.29, 1.82) is 0 Å². The lowest BCUT2D eigenvalue weighted by atomic mass is 10.2. The highest BCUT2D eigenvalue weighted by atomic mass is 79.9. The Bertz CT molecular complexity index is 672. The van der Waals surface area contributed by atoms with Gasteiger partial charge in [-0.15, -0.1) is 5.10 Å². The van der Waals surface area contributed by atoms with Gasteiger partial charge in [-0.2, -0.15) is 0 Å². The van der Waals surface area contributed by atoms with E-state index >= 15 is 0 Å². The molecule has 0 saturated heterocycles. The molecular weight excluding hydrogens is 282 g/mol. The third kappa shape index (κ3) is 1.76. The van der Waals surface area contributed by atoms with E-state index in [9.17, 15) is 0 Å². The van der Waals surface area contributed by atoms with Crippen LogP contribution in [0.2, 0.25) is 0 Å². The number of aromatic nitrogens is 4. The molecule has 2 N–H and O–H groups in total. The van der Waals surface area contributed by atoms with Gasteiger partial charge in [0.25, 0.3) is 5.95 Å². The van der Waals surface area contributed by atoms with E-state index in [0.717, 1.165) is 15.4 Å². The first-order chi connectivity index (χ1) is 8.24. The van der Waals surface area contributed by atoms with E-state index in [4.69, 9.17) is 5.73 Å². The Morgan fingerprint density at radius 1 is 1.24 bits per heavy atom. The van der Waals surface area contributed by atoms with Crippen molar-refractivity contribution < 1.29 is 0 Å². The van der Waals surface area contributed by atoms with Gasteiger partial charge < -0.3 is 5.73 Å². The summed E-state index contributed by atoms with van der Waals surface area (Å²) in [6.07, 6.45) is 3.50. The van der Waals surface area contributed by atoms with Crippen LogP contribution in [0.15, 0.2) is 41.1 Å². The summed E-state index contributed by atoms with van der Waals surface area (Å²) < 4.78 is 2.28. The zero-order chi connectivity index (χ0) is 11.8. The van der Waals surface area contributed by atoms with E-state index in [-0.39, 0.29) is 0 Å². The third-order valence-corrected chi connectivity index (χ3v) is 2.99. The lowest BCUT2D eigenvalue weighted by Crippen LogP contribution is -2.02. The number of nitrogen functional groups attached to an aromatic ring is 1. The number of nitrogens with two attached hydrogens (primary N) is 1. The lowest BCUT2D eigenvalue weighted by molar-refractivity contribution is 0.819. The minimum atomic E-state index is 0.418. The predicted octanol–water partition coefficient (Wildman–Crippen LogP) is 2.16. The van der Waals surface area contributed by atoms with Crippen molar-refractivity contribution >= 4 is 32.7 Å². The highest BCUT2D eigenvalue weighted by molar-refractivity contribution is 9.10. The van der Waals surface area contributed by atoms with Crippen LogP contribution in [-0.2, 0) is 0 Å². The van der Waals surface area contributed by atoms with E-state index < -0.39 is 0 Å². The minimum absolute atomic E-state index is 0.418. The maximum absolute atomic E-state index is 5.66. The molecule has 6 heteroatoms. The van der Waals surface area contributed by atoms with E-state index in [2.05, 4.69) is 31.0 Å². The van der Waals surface area contributed by atoms with Gasteiger partial charge in [-0.25, -0.2) is 14.6 Å². The number of benzene rings is 1. The summed E-state index contributed by atoms with van der Waals surface area (Å²) in [7, 11) is 0. The topological polar surface area (TPSA) is 69.6 Å². The molecule has 0 saturated carbocycles. The zero-order valence-corrected chi connectivity index (χ0v) is 10.3. The lowest BCUT2D eigenvalue weighted by Gasteiger charge is -2.00. The predicted molar refractivity (Wildman–Crippen MR) is 68.8 cm³/mol. The van der Waals surface area contributed by atoms with Crippen LogP contribution in [0.1, 0.15) is 0 Å². The Labute approximate surface area is 105 Å². The molecule has 0 radical (unpaired) electrons. The summed E-state index contributed by atoms with van der Waals surface area (Å²) in [5.41, 5.74) is 6.53. The maximum Gasteiger partial charge on any atom is 0.251 e. The zero-order valence-electron chi connectivity index (χ0n) is 8.71. The van der Waals surface area contributed by atoms with E-state index in [1.54, 1.807) is 17.1 Å². The van der Waals surface area contributed by atoms with E-state index in [0.29, 0.717) is 11.8 Å². The molecule has 0 fully saturated rings. The van der Waals surface area contributed by atoms with Crippen molar-refractivity contribution in [3.63, 3.8) is 0 Å². The van der Waals surface area contributed by atoms with Gasteiger partial charge in [0.15, 0.2) is 5.82 Å². The van der Waals surface area contributed by atoms with Gasteiger partial charge >= 0.3 is 0 Å². The van der Waals surface area contributed by atoms with Gasteiger partial charge in [0.2, 0.25) is 0 Å². The molecule has 5 nitrogen and oxygen atoms in total. The number of hydrogen-bond donors (Lipinski definition) is 1. The number of hydrogen-bond acceptors (Lipinski definition) is 4. The van der Waals surface area contributed by atoms with Crippen LogP contribution in [0.5, 0.6) is 0 Å². The van der Waals surface area contributed by atoms with Crippen molar-refractivity contribution in [2.75, 3.05) is 5.73 Å². The third-order valence-electron chi connectivity index (χ3n) is 2.38. The molecule has 2 heterocycles. The molecule has 3 rings (SSSR count). The smallest absolute Gasteiger partial charge is 0.251 e. The monoisotopic (exact) mass is 289 g/mol. The number of rotatable bonds is 1. The van der Waals surface area contributed by atoms with Gasteiger partial charge in [0.05, 0.1) is 16.2 Å². The molecule has 0 bridgehead atoms. The van der Waals surface area contributed by atoms with E-state index in [1.807, 2.05) is 24.3 Å². The number of fused-ring (bicyclic) bond motifs is 1. The standard InChI is InChI=1S/C11H8BrN5/c12-8-6-17(16-10(8)13)11-14-5-7-3-1-2-4-9(7)15-11/h1-6H,(H2,13,16). The second kappa shape index (κ2) is 3.81. The van der Waals surface area contributed by atoms with Gasteiger partial charge in [-0.1, -0.05) is 18.2 Å². The van der Waals surface area contributed by atoms with Crippen molar-refractivity contribution in [3.8, 4) is 5.95 Å². The number of halogens is 1. The molecule has 0 aliphatic heterocycles. The summed E-state index contributed by atoms with van der Waals surface area (Å²) in [6, 6.07) is 7.79. The van der Waals surface area contributed by atoms with Crippen LogP contribution in [0.25, 0.3) is 16.9 Å². The molecule has 84 valence electrons. The van der Waals surface area contributed by atoms with Gasteiger partial charge in [-0.05, 0) is 22.0 Å². The average Bonchev–Trinajstić information content (AvgIpc) is 2.69. The van der Waals surface area contributed by atoms with Crippen LogP contribution in [0.4, 0.5) is 5.82 Å². The Morgan fingerprint density at radius 3 is 2.82 bits per heavy atom. The first kappa shape index (κ1) is 10.2. The van der Waals surface area contributed by atoms with E-state index in [1.165, 1.54) is 0 Å². The fourth-order valence-electron chi connectivity index (χ4n) is 1.54. The van der Waals surface area contributed by atoms with Crippen molar-refractivity contribution in [2.45, 2.75) is 0 Å². The Hall–Kier alpha value is -1.95. The van der Waals surface area contributed by atoms with Gasteiger partial charge in [0, 0.05) is 11.6 Å². The van der Waals surface area contributed by atoms with Crippen LogP contribution in [0, 0.1) is 0 Å². The molecule has 0 amide bonds. The van der Waals surface area contributed by atoms with Crippen molar-refractivity contribution in [1.82, 2.24) is 19.7 Å². The molecule has 0 unspecified atom stereocenters. The first-order valence-electron chi connectivity index (χ1n) is 4.97. The molecule has 0 aliphatic carbocycles. The quantitative estimate of drug-likeness (QED) is 0.745. The fourth-order valence-corrected chi connectivity index (χ4v) is 1.81. The maximum atomic E-state index is 5.66. The highest BCUT2D eigenvalue weighted by Crippen LogP contribution is 2.18. The summed E-state index contributed by atoms with van der Waals surface area (Å²) in [5.74, 6) is 0.919. The van der Waals surface area contributed by atoms with Crippen LogP contribution in [0.3, 0.4) is 0 Å². The van der Waals surface area contributed by atoms with Crippen molar-refractivity contribution in [2.24, 2.45) is 0 Å². The number of para-hydroxylation sites is 1. The number of nitrogens with zero attached hydrogens (tertiary/aromatic N) is 4. The Balaban J connectivity index is 2.17. The molecule has 17 heavy (non-hydrogen) atoms.